The van der Waals surface area contributed by atoms with Crippen molar-refractivity contribution in [1.29, 1.82) is 0 Å². The third kappa shape index (κ3) is 6.25. The fraction of sp³-hybridized carbons (Fsp3) is 0.211. The lowest BCUT2D eigenvalue weighted by Gasteiger charge is -2.07. The van der Waals surface area contributed by atoms with Gasteiger partial charge in [-0.3, -0.25) is 14.4 Å². The molecule has 0 aliphatic rings. The number of esters is 1. The van der Waals surface area contributed by atoms with Gasteiger partial charge in [0.15, 0.2) is 12.4 Å². The second-order valence-corrected chi connectivity index (χ2v) is 6.36. The molecule has 26 heavy (non-hydrogen) atoms. The van der Waals surface area contributed by atoms with E-state index in [1.54, 1.807) is 43.5 Å². The number of hydrogen-bond donors (Lipinski definition) is 1. The Balaban J connectivity index is 1.75. The Kier molecular flexibility index (Phi) is 7.23. The van der Waals surface area contributed by atoms with Crippen molar-refractivity contribution in [2.24, 2.45) is 0 Å². The minimum atomic E-state index is -0.488. The summed E-state index contributed by atoms with van der Waals surface area (Å²) in [5.41, 5.74) is 0.974. The number of hydrogen-bond acceptors (Lipinski definition) is 6. The number of ketones is 1. The molecule has 7 heteroatoms. The molecule has 1 N–H and O–H groups in total. The fourth-order valence-electron chi connectivity index (χ4n) is 2.01. The van der Waals surface area contributed by atoms with Crippen LogP contribution in [-0.4, -0.2) is 37.1 Å². The lowest BCUT2D eigenvalue weighted by molar-refractivity contribution is -0.144. The predicted molar refractivity (Wildman–Crippen MR) is 99.8 cm³/mol. The van der Waals surface area contributed by atoms with Crippen molar-refractivity contribution in [3.8, 4) is 5.75 Å². The van der Waals surface area contributed by atoms with E-state index in [0.29, 0.717) is 11.3 Å². The quantitative estimate of drug-likeness (QED) is 0.435. The van der Waals surface area contributed by atoms with Gasteiger partial charge >= 0.3 is 5.97 Å². The Labute approximate surface area is 155 Å². The Morgan fingerprint density at radius 1 is 1.08 bits per heavy atom. The van der Waals surface area contributed by atoms with Gasteiger partial charge in [-0.25, -0.2) is 0 Å². The highest BCUT2D eigenvalue weighted by molar-refractivity contribution is 8.00. The van der Waals surface area contributed by atoms with Crippen LogP contribution >= 0.6 is 11.8 Å². The first-order valence-corrected chi connectivity index (χ1v) is 8.80. The number of amides is 1. The Morgan fingerprint density at radius 2 is 1.81 bits per heavy atom. The van der Waals surface area contributed by atoms with Crippen molar-refractivity contribution in [3.63, 3.8) is 0 Å². The zero-order chi connectivity index (χ0) is 18.9. The molecule has 136 valence electrons. The summed E-state index contributed by atoms with van der Waals surface area (Å²) in [5, 5.41) is 2.59. The third-order valence-electron chi connectivity index (χ3n) is 3.33. The van der Waals surface area contributed by atoms with Crippen molar-refractivity contribution in [3.05, 3.63) is 54.1 Å². The molecule has 0 bridgehead atoms. The van der Waals surface area contributed by atoms with E-state index in [2.05, 4.69) is 5.32 Å². The van der Waals surface area contributed by atoms with Crippen molar-refractivity contribution in [2.45, 2.75) is 11.8 Å². The molecule has 0 radical (unpaired) electrons. The number of carbonyl (C=O) groups is 3. The van der Waals surface area contributed by atoms with Crippen LogP contribution in [0.1, 0.15) is 17.3 Å². The molecular formula is C19H19NO5S. The molecule has 2 aromatic rings. The van der Waals surface area contributed by atoms with Gasteiger partial charge in [-0.15, -0.1) is 11.8 Å². The van der Waals surface area contributed by atoms with E-state index in [-0.39, 0.29) is 18.1 Å². The third-order valence-corrected chi connectivity index (χ3v) is 4.32. The molecule has 0 fully saturated rings. The number of thioether (sulfide) groups is 1. The number of Topliss-reactive ketones (excluding diaryl/α,β-unsaturated/α-hetero) is 1. The molecule has 2 rings (SSSR count). The second kappa shape index (κ2) is 9.62. The van der Waals surface area contributed by atoms with Crippen molar-refractivity contribution in [1.82, 2.24) is 0 Å². The molecule has 0 aliphatic heterocycles. The van der Waals surface area contributed by atoms with Crippen LogP contribution in [-0.2, 0) is 14.3 Å². The van der Waals surface area contributed by atoms with Crippen LogP contribution in [0.5, 0.6) is 5.75 Å². The number of carbonyl (C=O) groups excluding carboxylic acids is 3. The average Bonchev–Trinajstić information content (AvgIpc) is 2.65. The highest BCUT2D eigenvalue weighted by Crippen LogP contribution is 2.21. The van der Waals surface area contributed by atoms with E-state index in [9.17, 15) is 14.4 Å². The zero-order valence-electron chi connectivity index (χ0n) is 14.5. The molecule has 0 saturated heterocycles. The zero-order valence-corrected chi connectivity index (χ0v) is 15.3. The largest absolute Gasteiger partial charge is 0.497 e. The molecular weight excluding hydrogens is 354 g/mol. The summed E-state index contributed by atoms with van der Waals surface area (Å²) in [6.07, 6.45) is 0. The molecule has 0 saturated carbocycles. The summed E-state index contributed by atoms with van der Waals surface area (Å²) < 4.78 is 10.0. The van der Waals surface area contributed by atoms with Gasteiger partial charge in [0, 0.05) is 16.1 Å². The fourth-order valence-corrected chi connectivity index (χ4v) is 2.71. The van der Waals surface area contributed by atoms with E-state index < -0.39 is 11.9 Å². The van der Waals surface area contributed by atoms with Gasteiger partial charge in [-0.05, 0) is 43.3 Å². The molecule has 0 spiro atoms. The summed E-state index contributed by atoms with van der Waals surface area (Å²) >= 11 is 1.31. The van der Waals surface area contributed by atoms with Gasteiger partial charge in [-0.1, -0.05) is 12.1 Å². The first-order chi connectivity index (χ1) is 12.5. The Hall–Kier alpha value is -2.80. The average molecular weight is 373 g/mol. The maximum Gasteiger partial charge on any atom is 0.316 e. The van der Waals surface area contributed by atoms with Gasteiger partial charge in [0.05, 0.1) is 12.9 Å². The van der Waals surface area contributed by atoms with Crippen LogP contribution in [0, 0.1) is 0 Å². The van der Waals surface area contributed by atoms with Crippen LogP contribution in [0.3, 0.4) is 0 Å². The van der Waals surface area contributed by atoms with Gasteiger partial charge in [0.2, 0.25) is 0 Å². The maximum absolute atomic E-state index is 11.8. The molecule has 2 aromatic carbocycles. The van der Waals surface area contributed by atoms with E-state index in [0.717, 1.165) is 10.6 Å². The van der Waals surface area contributed by atoms with Gasteiger partial charge < -0.3 is 14.8 Å². The predicted octanol–water partition coefficient (Wildman–Crippen LogP) is 3.17. The highest BCUT2D eigenvalue weighted by Gasteiger charge is 2.09. The number of ether oxygens (including phenoxy) is 2. The van der Waals surface area contributed by atoms with Crippen LogP contribution in [0.25, 0.3) is 0 Å². The molecule has 1 amide bonds. The highest BCUT2D eigenvalue weighted by atomic mass is 32.2. The van der Waals surface area contributed by atoms with Gasteiger partial charge in [-0.2, -0.15) is 0 Å². The van der Waals surface area contributed by atoms with Crippen LogP contribution in [0.2, 0.25) is 0 Å². The number of anilines is 1. The maximum atomic E-state index is 11.8. The Morgan fingerprint density at radius 3 is 2.46 bits per heavy atom. The van der Waals surface area contributed by atoms with Crippen molar-refractivity contribution < 1.29 is 23.9 Å². The topological polar surface area (TPSA) is 81.7 Å². The monoisotopic (exact) mass is 373 g/mol. The molecule has 6 nitrogen and oxygen atoms in total. The summed E-state index contributed by atoms with van der Waals surface area (Å²) in [6.45, 7) is 1.06. The molecule has 0 unspecified atom stereocenters. The van der Waals surface area contributed by atoms with E-state index >= 15 is 0 Å². The minimum absolute atomic E-state index is 0.0944. The summed E-state index contributed by atoms with van der Waals surface area (Å²) in [4.78, 5) is 35.8. The van der Waals surface area contributed by atoms with Crippen LogP contribution < -0.4 is 10.1 Å². The van der Waals surface area contributed by atoms with Crippen LogP contribution in [0.15, 0.2) is 53.4 Å². The first-order valence-electron chi connectivity index (χ1n) is 7.81. The number of benzene rings is 2. The minimum Gasteiger partial charge on any atom is -0.497 e. The summed E-state index contributed by atoms with van der Waals surface area (Å²) in [5.74, 6) is -0.211. The number of methoxy groups -OCH3 is 1. The number of nitrogens with one attached hydrogen (secondary N) is 1. The standard InChI is InChI=1S/C19H19NO5S/c1-13(21)14-4-3-5-15(10-14)20-18(22)11-25-19(23)12-26-17-8-6-16(24-2)7-9-17/h3-10H,11-12H2,1-2H3,(H,20,22). The molecule has 0 aliphatic carbocycles. The Bertz CT molecular complexity index is 789. The van der Waals surface area contributed by atoms with Gasteiger partial charge in [0.25, 0.3) is 5.91 Å². The second-order valence-electron chi connectivity index (χ2n) is 5.31. The number of rotatable bonds is 8. The van der Waals surface area contributed by atoms with Crippen LogP contribution in [0.4, 0.5) is 5.69 Å². The van der Waals surface area contributed by atoms with Gasteiger partial charge in [0.1, 0.15) is 5.75 Å². The smallest absolute Gasteiger partial charge is 0.316 e. The van der Waals surface area contributed by atoms with Crippen molar-refractivity contribution in [2.75, 3.05) is 24.8 Å². The molecule has 0 atom stereocenters. The molecule has 0 heterocycles. The SMILES string of the molecule is COc1ccc(SCC(=O)OCC(=O)Nc2cccc(C(C)=O)c2)cc1. The van der Waals surface area contributed by atoms with Crippen molar-refractivity contribution >= 4 is 35.1 Å². The lowest BCUT2D eigenvalue weighted by Crippen LogP contribution is -2.21. The first kappa shape index (κ1) is 19.5. The van der Waals surface area contributed by atoms with E-state index in [4.69, 9.17) is 9.47 Å². The van der Waals surface area contributed by atoms with E-state index in [1.165, 1.54) is 18.7 Å². The summed E-state index contributed by atoms with van der Waals surface area (Å²) in [6, 6.07) is 13.8. The summed E-state index contributed by atoms with van der Waals surface area (Å²) in [7, 11) is 1.58. The lowest BCUT2D eigenvalue weighted by atomic mass is 10.1. The normalized spacial score (nSPS) is 10.1. The van der Waals surface area contributed by atoms with E-state index in [1.807, 2.05) is 12.1 Å². The molecule has 0 aromatic heterocycles.